The molecular weight excluding hydrogens is 393 g/mol. The van der Waals surface area contributed by atoms with Crippen LogP contribution in [-0.4, -0.2) is 51.9 Å². The molecule has 0 bridgehead atoms. The summed E-state index contributed by atoms with van der Waals surface area (Å²) in [5, 5.41) is 0.972. The highest BCUT2D eigenvalue weighted by atomic mass is 19.1. The molecule has 2 aromatic carbocycles. The first kappa shape index (κ1) is 19.1. The quantitative estimate of drug-likeness (QED) is 0.511. The van der Waals surface area contributed by atoms with Crippen molar-refractivity contribution in [2.24, 2.45) is 0 Å². The zero-order chi connectivity index (χ0) is 21.2. The van der Waals surface area contributed by atoms with Gasteiger partial charge in [-0.25, -0.2) is 14.4 Å². The molecule has 0 atom stereocenters. The average Bonchev–Trinajstić information content (AvgIpc) is 2.83. The van der Waals surface area contributed by atoms with Gasteiger partial charge in [0.2, 0.25) is 0 Å². The van der Waals surface area contributed by atoms with Crippen molar-refractivity contribution in [3.8, 4) is 11.4 Å². The third kappa shape index (κ3) is 3.82. The first-order valence-corrected chi connectivity index (χ1v) is 10.2. The summed E-state index contributed by atoms with van der Waals surface area (Å²) in [5.41, 5.74) is 2.10. The Balaban J connectivity index is 1.42. The largest absolute Gasteiger partial charge is 0.352 e. The average molecular weight is 413 g/mol. The number of carbonyl (C=O) groups excluding carboxylic acids is 1. The van der Waals surface area contributed by atoms with Crippen LogP contribution in [0.15, 0.2) is 73.1 Å². The van der Waals surface area contributed by atoms with Gasteiger partial charge in [-0.3, -0.25) is 9.78 Å². The summed E-state index contributed by atoms with van der Waals surface area (Å²) < 4.78 is 13.5. The van der Waals surface area contributed by atoms with Crippen LogP contribution in [0.3, 0.4) is 0 Å². The van der Waals surface area contributed by atoms with Gasteiger partial charge in [-0.15, -0.1) is 0 Å². The highest BCUT2D eigenvalue weighted by molar-refractivity contribution is 5.95. The number of anilines is 1. The summed E-state index contributed by atoms with van der Waals surface area (Å²) in [4.78, 5) is 30.4. The molecule has 1 amide bonds. The van der Waals surface area contributed by atoms with Gasteiger partial charge in [0, 0.05) is 55.1 Å². The van der Waals surface area contributed by atoms with Crippen molar-refractivity contribution in [1.29, 1.82) is 0 Å². The molecule has 3 heterocycles. The number of rotatable bonds is 3. The molecule has 5 rings (SSSR count). The molecular formula is C24H20FN5O. The Morgan fingerprint density at radius 2 is 1.74 bits per heavy atom. The van der Waals surface area contributed by atoms with Crippen LogP contribution in [0.5, 0.6) is 0 Å². The van der Waals surface area contributed by atoms with Crippen molar-refractivity contribution < 1.29 is 9.18 Å². The first-order chi connectivity index (χ1) is 15.2. The molecule has 0 aliphatic carbocycles. The van der Waals surface area contributed by atoms with Crippen LogP contribution in [0.25, 0.3) is 22.3 Å². The highest BCUT2D eigenvalue weighted by Crippen LogP contribution is 2.28. The summed E-state index contributed by atoms with van der Waals surface area (Å²) in [6.07, 6.45) is 3.48. The lowest BCUT2D eigenvalue weighted by Gasteiger charge is -2.36. The van der Waals surface area contributed by atoms with Gasteiger partial charge in [0.25, 0.3) is 5.91 Å². The number of aromatic nitrogens is 3. The number of hydrogen-bond acceptors (Lipinski definition) is 5. The Morgan fingerprint density at radius 3 is 2.52 bits per heavy atom. The summed E-state index contributed by atoms with van der Waals surface area (Å²) in [6, 6.07) is 17.6. The normalized spacial score (nSPS) is 14.1. The van der Waals surface area contributed by atoms with Gasteiger partial charge in [0.05, 0.1) is 5.52 Å². The Bertz CT molecular complexity index is 1240. The summed E-state index contributed by atoms with van der Waals surface area (Å²) in [5.74, 6) is 0.921. The minimum absolute atomic E-state index is 0.150. The second-order valence-corrected chi connectivity index (χ2v) is 7.42. The fourth-order valence-corrected chi connectivity index (χ4v) is 3.85. The molecule has 0 unspecified atom stereocenters. The van der Waals surface area contributed by atoms with E-state index in [0.29, 0.717) is 37.6 Å². The second kappa shape index (κ2) is 8.10. The van der Waals surface area contributed by atoms with Crippen LogP contribution in [0.1, 0.15) is 10.4 Å². The van der Waals surface area contributed by atoms with Crippen LogP contribution in [-0.2, 0) is 0 Å². The molecule has 0 saturated carbocycles. The predicted octanol–water partition coefficient (Wildman–Crippen LogP) is 3.79. The molecule has 6 nitrogen and oxygen atoms in total. The molecule has 1 saturated heterocycles. The van der Waals surface area contributed by atoms with E-state index in [1.807, 2.05) is 36.4 Å². The van der Waals surface area contributed by atoms with Crippen molar-refractivity contribution in [3.63, 3.8) is 0 Å². The third-order valence-corrected chi connectivity index (χ3v) is 5.44. The topological polar surface area (TPSA) is 62.2 Å². The number of pyridine rings is 1. The fourth-order valence-electron chi connectivity index (χ4n) is 3.85. The van der Waals surface area contributed by atoms with Crippen molar-refractivity contribution >= 4 is 22.6 Å². The standard InChI is InChI=1S/C24H20FN5O/c25-19-7-3-5-17(15-19)24(31)30-13-11-29(12-14-30)23-20-8-1-2-9-21(20)27-22(28-23)18-6-4-10-26-16-18/h1-10,15-16H,11-14H2. The van der Waals surface area contributed by atoms with Crippen molar-refractivity contribution in [1.82, 2.24) is 19.9 Å². The molecule has 0 spiro atoms. The maximum atomic E-state index is 13.5. The number of hydrogen-bond donors (Lipinski definition) is 0. The van der Waals surface area contributed by atoms with Crippen molar-refractivity contribution in [3.05, 3.63) is 84.4 Å². The number of fused-ring (bicyclic) bond motifs is 1. The van der Waals surface area contributed by atoms with E-state index in [-0.39, 0.29) is 5.91 Å². The second-order valence-electron chi connectivity index (χ2n) is 7.42. The molecule has 4 aromatic rings. The number of amides is 1. The van der Waals surface area contributed by atoms with Crippen molar-refractivity contribution in [2.45, 2.75) is 0 Å². The molecule has 154 valence electrons. The van der Waals surface area contributed by atoms with E-state index in [1.165, 1.54) is 12.1 Å². The van der Waals surface area contributed by atoms with Crippen LogP contribution < -0.4 is 4.90 Å². The summed E-state index contributed by atoms with van der Waals surface area (Å²) in [7, 11) is 0. The number of nitrogens with zero attached hydrogens (tertiary/aromatic N) is 5. The number of halogens is 1. The minimum atomic E-state index is -0.403. The number of piperazine rings is 1. The number of para-hydroxylation sites is 1. The van der Waals surface area contributed by atoms with Crippen LogP contribution in [0, 0.1) is 5.82 Å². The van der Waals surface area contributed by atoms with Gasteiger partial charge in [-0.1, -0.05) is 18.2 Å². The van der Waals surface area contributed by atoms with Crippen LogP contribution in [0.2, 0.25) is 0 Å². The first-order valence-electron chi connectivity index (χ1n) is 10.2. The Kier molecular flexibility index (Phi) is 5.00. The lowest BCUT2D eigenvalue weighted by molar-refractivity contribution is 0.0746. The molecule has 2 aromatic heterocycles. The van der Waals surface area contributed by atoms with Gasteiger partial charge in [0.15, 0.2) is 5.82 Å². The van der Waals surface area contributed by atoms with Gasteiger partial charge in [0.1, 0.15) is 11.6 Å². The van der Waals surface area contributed by atoms with E-state index in [4.69, 9.17) is 9.97 Å². The van der Waals surface area contributed by atoms with Gasteiger partial charge >= 0.3 is 0 Å². The monoisotopic (exact) mass is 413 g/mol. The van der Waals surface area contributed by atoms with E-state index in [0.717, 1.165) is 22.3 Å². The molecule has 7 heteroatoms. The van der Waals surface area contributed by atoms with E-state index in [1.54, 1.807) is 29.4 Å². The molecule has 1 aliphatic heterocycles. The van der Waals surface area contributed by atoms with E-state index in [2.05, 4.69) is 9.88 Å². The lowest BCUT2D eigenvalue weighted by atomic mass is 10.1. The Labute approximate surface area is 179 Å². The van der Waals surface area contributed by atoms with Crippen molar-refractivity contribution in [2.75, 3.05) is 31.1 Å². The maximum Gasteiger partial charge on any atom is 0.254 e. The van der Waals surface area contributed by atoms with Gasteiger partial charge in [-0.2, -0.15) is 0 Å². The Hall–Kier alpha value is -3.87. The van der Waals surface area contributed by atoms with Gasteiger partial charge < -0.3 is 9.80 Å². The highest BCUT2D eigenvalue weighted by Gasteiger charge is 2.25. The summed E-state index contributed by atoms with van der Waals surface area (Å²) >= 11 is 0. The molecule has 0 radical (unpaired) electrons. The molecule has 31 heavy (non-hydrogen) atoms. The third-order valence-electron chi connectivity index (χ3n) is 5.44. The number of carbonyl (C=O) groups is 1. The zero-order valence-corrected chi connectivity index (χ0v) is 16.8. The van der Waals surface area contributed by atoms with E-state index >= 15 is 0 Å². The maximum absolute atomic E-state index is 13.5. The zero-order valence-electron chi connectivity index (χ0n) is 16.8. The number of benzene rings is 2. The van der Waals surface area contributed by atoms with E-state index in [9.17, 15) is 9.18 Å². The fraction of sp³-hybridized carbons (Fsp3) is 0.167. The lowest BCUT2D eigenvalue weighted by Crippen LogP contribution is -2.49. The Morgan fingerprint density at radius 1 is 0.903 bits per heavy atom. The molecule has 1 aliphatic rings. The molecule has 1 fully saturated rings. The van der Waals surface area contributed by atoms with Gasteiger partial charge in [-0.05, 0) is 42.5 Å². The smallest absolute Gasteiger partial charge is 0.254 e. The van der Waals surface area contributed by atoms with E-state index < -0.39 is 5.82 Å². The SMILES string of the molecule is O=C(c1cccc(F)c1)N1CCN(c2nc(-c3cccnc3)nc3ccccc23)CC1. The predicted molar refractivity (Wildman–Crippen MR) is 117 cm³/mol. The summed E-state index contributed by atoms with van der Waals surface area (Å²) in [6.45, 7) is 2.34. The van der Waals surface area contributed by atoms with Crippen LogP contribution >= 0.6 is 0 Å². The van der Waals surface area contributed by atoms with Crippen LogP contribution in [0.4, 0.5) is 10.2 Å². The minimum Gasteiger partial charge on any atom is -0.352 e. The molecule has 0 N–H and O–H groups in total.